The molecule has 0 atom stereocenters. The van der Waals surface area contributed by atoms with Crippen molar-refractivity contribution >= 4 is 17.7 Å². The second-order valence-corrected chi connectivity index (χ2v) is 5.16. The molecule has 1 aromatic rings. The number of carbonyl (C=O) groups excluding carboxylic acids is 3. The van der Waals surface area contributed by atoms with Gasteiger partial charge in [-0.3, -0.25) is 14.4 Å². The molecule has 0 bridgehead atoms. The molecule has 3 amide bonds. The molecule has 9 nitrogen and oxygen atoms in total. The number of methoxy groups -OCH3 is 3. The molecule has 1 rings (SSSR count). The van der Waals surface area contributed by atoms with Gasteiger partial charge in [-0.2, -0.15) is 0 Å². The van der Waals surface area contributed by atoms with E-state index in [9.17, 15) is 14.4 Å². The summed E-state index contributed by atoms with van der Waals surface area (Å²) in [5, 5.41) is 4.88. The van der Waals surface area contributed by atoms with Crippen LogP contribution in [0.15, 0.2) is 12.1 Å². The van der Waals surface area contributed by atoms with Crippen molar-refractivity contribution in [2.24, 2.45) is 0 Å². The van der Waals surface area contributed by atoms with Crippen LogP contribution in [-0.4, -0.2) is 71.1 Å². The lowest BCUT2D eigenvalue weighted by atomic mass is 10.1. The number of likely N-dealkylation sites (N-methyl/N-ethyl adjacent to an activating group) is 1. The van der Waals surface area contributed by atoms with Gasteiger partial charge in [-0.1, -0.05) is 0 Å². The topological polar surface area (TPSA) is 106 Å². The zero-order valence-corrected chi connectivity index (χ0v) is 15.0. The van der Waals surface area contributed by atoms with E-state index in [0.29, 0.717) is 17.2 Å². The molecule has 0 aliphatic heterocycles. The summed E-state index contributed by atoms with van der Waals surface area (Å²) in [6.07, 6.45) is 0. The van der Waals surface area contributed by atoms with Crippen LogP contribution in [0.2, 0.25) is 0 Å². The number of hydrogen-bond acceptors (Lipinski definition) is 6. The van der Waals surface area contributed by atoms with Crippen molar-refractivity contribution in [1.82, 2.24) is 15.5 Å². The fourth-order valence-electron chi connectivity index (χ4n) is 1.87. The molecule has 1 aromatic carbocycles. The highest BCUT2D eigenvalue weighted by Gasteiger charge is 2.17. The van der Waals surface area contributed by atoms with E-state index in [0.717, 1.165) is 0 Å². The van der Waals surface area contributed by atoms with Gasteiger partial charge in [0.25, 0.3) is 5.91 Å². The summed E-state index contributed by atoms with van der Waals surface area (Å²) in [6, 6.07) is 2.95. The molecule has 0 saturated carbocycles. The quantitative estimate of drug-likeness (QED) is 0.661. The van der Waals surface area contributed by atoms with Crippen LogP contribution in [0, 0.1) is 0 Å². The van der Waals surface area contributed by atoms with Crippen LogP contribution in [0.4, 0.5) is 0 Å². The van der Waals surface area contributed by atoms with Crippen molar-refractivity contribution in [1.29, 1.82) is 0 Å². The lowest BCUT2D eigenvalue weighted by molar-refractivity contribution is -0.130. The second-order valence-electron chi connectivity index (χ2n) is 5.16. The summed E-state index contributed by atoms with van der Waals surface area (Å²) in [5.41, 5.74) is 0.242. The van der Waals surface area contributed by atoms with Crippen LogP contribution >= 0.6 is 0 Å². The van der Waals surface area contributed by atoms with E-state index in [1.54, 1.807) is 14.1 Å². The minimum Gasteiger partial charge on any atom is -0.493 e. The van der Waals surface area contributed by atoms with Gasteiger partial charge in [0.05, 0.1) is 34.4 Å². The molecule has 0 spiro atoms. The van der Waals surface area contributed by atoms with Crippen LogP contribution in [0.1, 0.15) is 10.4 Å². The molecule has 2 N–H and O–H groups in total. The number of amides is 3. The number of benzene rings is 1. The molecule has 0 heterocycles. The predicted molar refractivity (Wildman–Crippen MR) is 90.1 cm³/mol. The third-order valence-electron chi connectivity index (χ3n) is 3.27. The van der Waals surface area contributed by atoms with Crippen molar-refractivity contribution in [3.63, 3.8) is 0 Å². The minimum atomic E-state index is -0.492. The summed E-state index contributed by atoms with van der Waals surface area (Å²) < 4.78 is 15.5. The molecule has 0 unspecified atom stereocenters. The maximum absolute atomic E-state index is 12.2. The summed E-state index contributed by atoms with van der Waals surface area (Å²) >= 11 is 0. The molecule has 0 aromatic heterocycles. The van der Waals surface area contributed by atoms with E-state index < -0.39 is 11.8 Å². The standard InChI is InChI=1S/C16H23N3O6/c1-19(2)14(21)9-17-13(20)8-18-16(22)10-6-11(23-3)15(25-5)12(7-10)24-4/h6-7H,8-9H2,1-5H3,(H,17,20)(H,18,22). The van der Waals surface area contributed by atoms with Crippen LogP contribution in [0.25, 0.3) is 0 Å². The molecule has 138 valence electrons. The molecular formula is C16H23N3O6. The van der Waals surface area contributed by atoms with Gasteiger partial charge in [-0.15, -0.1) is 0 Å². The van der Waals surface area contributed by atoms with E-state index >= 15 is 0 Å². The SMILES string of the molecule is COc1cc(C(=O)NCC(=O)NCC(=O)N(C)C)cc(OC)c1OC. The van der Waals surface area contributed by atoms with E-state index in [1.807, 2.05) is 0 Å². The Morgan fingerprint density at radius 1 is 0.920 bits per heavy atom. The minimum absolute atomic E-state index is 0.133. The Morgan fingerprint density at radius 2 is 1.48 bits per heavy atom. The van der Waals surface area contributed by atoms with E-state index in [1.165, 1.54) is 38.4 Å². The first-order valence-electron chi connectivity index (χ1n) is 7.39. The van der Waals surface area contributed by atoms with Gasteiger partial charge in [-0.25, -0.2) is 0 Å². The number of hydrogen-bond donors (Lipinski definition) is 2. The zero-order chi connectivity index (χ0) is 19.0. The predicted octanol–water partition coefficient (Wildman–Crippen LogP) is -0.353. The number of ether oxygens (including phenoxy) is 3. The summed E-state index contributed by atoms with van der Waals surface area (Å²) in [7, 11) is 7.50. The fourth-order valence-corrected chi connectivity index (χ4v) is 1.87. The van der Waals surface area contributed by atoms with Gasteiger partial charge in [0.2, 0.25) is 17.6 Å². The Bertz CT molecular complexity index is 620. The molecular weight excluding hydrogens is 330 g/mol. The van der Waals surface area contributed by atoms with Gasteiger partial charge < -0.3 is 29.7 Å². The van der Waals surface area contributed by atoms with Crippen LogP contribution in [-0.2, 0) is 9.59 Å². The lowest BCUT2D eigenvalue weighted by Gasteiger charge is -2.14. The smallest absolute Gasteiger partial charge is 0.251 e. The average molecular weight is 353 g/mol. The summed E-state index contributed by atoms with van der Waals surface area (Å²) in [6.45, 7) is -0.401. The highest BCUT2D eigenvalue weighted by molar-refractivity contribution is 5.98. The van der Waals surface area contributed by atoms with E-state index in [4.69, 9.17) is 14.2 Å². The number of rotatable bonds is 8. The van der Waals surface area contributed by atoms with Crippen LogP contribution in [0.3, 0.4) is 0 Å². The Hall–Kier alpha value is -2.97. The largest absolute Gasteiger partial charge is 0.493 e. The number of carbonyl (C=O) groups is 3. The monoisotopic (exact) mass is 353 g/mol. The van der Waals surface area contributed by atoms with Gasteiger partial charge in [0.1, 0.15) is 0 Å². The van der Waals surface area contributed by atoms with E-state index in [2.05, 4.69) is 10.6 Å². The third-order valence-corrected chi connectivity index (χ3v) is 3.27. The fraction of sp³-hybridized carbons (Fsp3) is 0.438. The maximum atomic E-state index is 12.2. The first-order chi connectivity index (χ1) is 11.8. The first-order valence-corrected chi connectivity index (χ1v) is 7.39. The molecule has 0 saturated heterocycles. The van der Waals surface area contributed by atoms with Gasteiger partial charge in [0.15, 0.2) is 11.5 Å². The third kappa shape index (κ3) is 5.55. The van der Waals surface area contributed by atoms with Crippen LogP contribution in [0.5, 0.6) is 17.2 Å². The highest BCUT2D eigenvalue weighted by atomic mass is 16.5. The van der Waals surface area contributed by atoms with Gasteiger partial charge in [0, 0.05) is 19.7 Å². The normalized spacial score (nSPS) is 9.80. The van der Waals surface area contributed by atoms with Crippen molar-refractivity contribution in [3.8, 4) is 17.2 Å². The Labute approximate surface area is 146 Å². The average Bonchev–Trinajstić information content (AvgIpc) is 2.62. The molecule has 0 fully saturated rings. The first kappa shape index (κ1) is 20.1. The summed E-state index contributed by atoms with van der Waals surface area (Å²) in [5.74, 6) is -0.198. The summed E-state index contributed by atoms with van der Waals surface area (Å²) in [4.78, 5) is 36.6. The van der Waals surface area contributed by atoms with E-state index in [-0.39, 0.29) is 24.6 Å². The van der Waals surface area contributed by atoms with Crippen molar-refractivity contribution in [2.75, 3.05) is 48.5 Å². The Morgan fingerprint density at radius 3 is 1.92 bits per heavy atom. The van der Waals surface area contributed by atoms with Crippen LogP contribution < -0.4 is 24.8 Å². The molecule has 25 heavy (non-hydrogen) atoms. The number of nitrogens with one attached hydrogen (secondary N) is 2. The van der Waals surface area contributed by atoms with Crippen molar-refractivity contribution < 1.29 is 28.6 Å². The zero-order valence-electron chi connectivity index (χ0n) is 15.0. The lowest BCUT2D eigenvalue weighted by Crippen LogP contribution is -2.41. The molecule has 0 radical (unpaired) electrons. The molecule has 9 heteroatoms. The maximum Gasteiger partial charge on any atom is 0.251 e. The Balaban J connectivity index is 2.71. The van der Waals surface area contributed by atoms with Gasteiger partial charge >= 0.3 is 0 Å². The van der Waals surface area contributed by atoms with Gasteiger partial charge in [-0.05, 0) is 12.1 Å². The number of nitrogens with zero attached hydrogens (tertiary/aromatic N) is 1. The van der Waals surface area contributed by atoms with Crippen molar-refractivity contribution in [3.05, 3.63) is 17.7 Å². The molecule has 0 aliphatic rings. The van der Waals surface area contributed by atoms with Crippen molar-refractivity contribution in [2.45, 2.75) is 0 Å². The Kier molecular flexibility index (Phi) is 7.51. The molecule has 0 aliphatic carbocycles. The second kappa shape index (κ2) is 9.36. The highest BCUT2D eigenvalue weighted by Crippen LogP contribution is 2.38.